The molecule has 2 aromatic heterocycles. The molecule has 0 radical (unpaired) electrons. The van der Waals surface area contributed by atoms with E-state index in [1.807, 2.05) is 30.7 Å². The molecule has 1 aliphatic rings. The molecule has 0 N–H and O–H groups in total. The molecule has 4 rings (SSSR count). The van der Waals surface area contributed by atoms with Crippen LogP contribution in [0, 0.1) is 0 Å². The Labute approximate surface area is 129 Å². The Bertz CT molecular complexity index is 879. The molecule has 1 aromatic carbocycles. The molecule has 1 saturated carbocycles. The highest BCUT2D eigenvalue weighted by atomic mass is 79.9. The number of aromatic nitrogens is 4. The van der Waals surface area contributed by atoms with Gasteiger partial charge in [0, 0.05) is 16.7 Å². The Hall–Kier alpha value is -1.95. The largest absolute Gasteiger partial charge is 0.330 e. The Kier molecular flexibility index (Phi) is 2.92. The van der Waals surface area contributed by atoms with Crippen molar-refractivity contribution in [2.45, 2.75) is 25.4 Å². The standard InChI is InChI=1S/C15H13BrN4O/c16-10-1-4-13-14(5-10)18-9-19(15(13)21)7-12-6-17-8-20(12)11-2-3-11/h1,4-6,8-9,11H,2-3,7H2. The SMILES string of the molecule is O=c1c2ccc(Br)cc2ncn1Cc1cncn1C1CC1. The molecular formula is C15H13BrN4O. The van der Waals surface area contributed by atoms with E-state index >= 15 is 0 Å². The van der Waals surface area contributed by atoms with Gasteiger partial charge >= 0.3 is 0 Å². The Balaban J connectivity index is 1.76. The number of hydrogen-bond donors (Lipinski definition) is 0. The predicted molar refractivity (Wildman–Crippen MR) is 83.3 cm³/mol. The van der Waals surface area contributed by atoms with Crippen LogP contribution >= 0.6 is 15.9 Å². The average molecular weight is 345 g/mol. The fourth-order valence-electron chi connectivity index (χ4n) is 2.55. The third kappa shape index (κ3) is 2.29. The van der Waals surface area contributed by atoms with Gasteiger partial charge in [-0.15, -0.1) is 0 Å². The van der Waals surface area contributed by atoms with E-state index in [1.165, 1.54) is 12.8 Å². The molecule has 0 unspecified atom stereocenters. The van der Waals surface area contributed by atoms with Crippen molar-refractivity contribution in [2.24, 2.45) is 0 Å². The smallest absolute Gasteiger partial charge is 0.261 e. The van der Waals surface area contributed by atoms with Crippen LogP contribution in [0.1, 0.15) is 24.6 Å². The molecule has 5 nitrogen and oxygen atoms in total. The number of hydrogen-bond acceptors (Lipinski definition) is 3. The summed E-state index contributed by atoms with van der Waals surface area (Å²) in [6.45, 7) is 0.508. The number of nitrogens with zero attached hydrogens (tertiary/aromatic N) is 4. The summed E-state index contributed by atoms with van der Waals surface area (Å²) in [5.41, 5.74) is 1.75. The highest BCUT2D eigenvalue weighted by Crippen LogP contribution is 2.35. The van der Waals surface area contributed by atoms with Crippen LogP contribution in [0.15, 0.2) is 46.3 Å². The van der Waals surface area contributed by atoms with Crippen molar-refractivity contribution in [3.8, 4) is 0 Å². The molecule has 0 spiro atoms. The van der Waals surface area contributed by atoms with Crippen LogP contribution < -0.4 is 5.56 Å². The van der Waals surface area contributed by atoms with Crippen molar-refractivity contribution in [3.05, 3.63) is 57.6 Å². The maximum Gasteiger partial charge on any atom is 0.261 e. The van der Waals surface area contributed by atoms with Crippen LogP contribution in [0.5, 0.6) is 0 Å². The minimum Gasteiger partial charge on any atom is -0.330 e. The number of benzene rings is 1. The monoisotopic (exact) mass is 344 g/mol. The van der Waals surface area contributed by atoms with Crippen LogP contribution in [-0.4, -0.2) is 19.1 Å². The molecule has 0 aliphatic heterocycles. The van der Waals surface area contributed by atoms with Crippen molar-refractivity contribution < 1.29 is 0 Å². The maximum atomic E-state index is 12.5. The minimum atomic E-state index is -0.0175. The Morgan fingerprint density at radius 1 is 1.29 bits per heavy atom. The molecular weight excluding hydrogens is 332 g/mol. The molecule has 3 aromatic rings. The third-order valence-corrected chi connectivity index (χ3v) is 4.30. The normalized spacial score (nSPS) is 14.7. The van der Waals surface area contributed by atoms with Gasteiger partial charge in [-0.05, 0) is 31.0 Å². The van der Waals surface area contributed by atoms with Crippen molar-refractivity contribution in [1.82, 2.24) is 19.1 Å². The number of halogens is 1. The molecule has 2 heterocycles. The fourth-order valence-corrected chi connectivity index (χ4v) is 2.90. The second-order valence-corrected chi connectivity index (χ2v) is 6.28. The van der Waals surface area contributed by atoms with E-state index in [-0.39, 0.29) is 5.56 Å². The maximum absolute atomic E-state index is 12.5. The second kappa shape index (κ2) is 4.80. The Morgan fingerprint density at radius 3 is 2.95 bits per heavy atom. The second-order valence-electron chi connectivity index (χ2n) is 5.36. The number of fused-ring (bicyclic) bond motifs is 1. The summed E-state index contributed by atoms with van der Waals surface area (Å²) in [6.07, 6.45) is 7.69. The summed E-state index contributed by atoms with van der Waals surface area (Å²) < 4.78 is 4.73. The quantitative estimate of drug-likeness (QED) is 0.734. The summed E-state index contributed by atoms with van der Waals surface area (Å²) in [7, 11) is 0. The van der Waals surface area contributed by atoms with Crippen LogP contribution in [0.3, 0.4) is 0 Å². The first-order valence-electron chi connectivity index (χ1n) is 6.88. The zero-order chi connectivity index (χ0) is 14.4. The first-order chi connectivity index (χ1) is 10.2. The molecule has 0 atom stereocenters. The van der Waals surface area contributed by atoms with Crippen LogP contribution in [-0.2, 0) is 6.54 Å². The van der Waals surface area contributed by atoms with E-state index in [2.05, 4.69) is 30.5 Å². The molecule has 0 bridgehead atoms. The van der Waals surface area contributed by atoms with Gasteiger partial charge in [0.05, 0.1) is 35.8 Å². The van der Waals surface area contributed by atoms with Gasteiger partial charge in [-0.25, -0.2) is 9.97 Å². The minimum absolute atomic E-state index is 0.0175. The van der Waals surface area contributed by atoms with E-state index in [9.17, 15) is 4.79 Å². The summed E-state index contributed by atoms with van der Waals surface area (Å²) in [5.74, 6) is 0. The van der Waals surface area contributed by atoms with Gasteiger partial charge in [0.1, 0.15) is 0 Å². The third-order valence-electron chi connectivity index (χ3n) is 3.81. The van der Waals surface area contributed by atoms with Crippen molar-refractivity contribution in [3.63, 3.8) is 0 Å². The van der Waals surface area contributed by atoms with E-state index < -0.39 is 0 Å². The van der Waals surface area contributed by atoms with Gasteiger partial charge in [0.15, 0.2) is 0 Å². The van der Waals surface area contributed by atoms with Gasteiger partial charge < -0.3 is 4.57 Å². The van der Waals surface area contributed by atoms with Gasteiger partial charge in [0.2, 0.25) is 0 Å². The Morgan fingerprint density at radius 2 is 2.14 bits per heavy atom. The van der Waals surface area contributed by atoms with E-state index in [1.54, 1.807) is 10.9 Å². The molecule has 0 amide bonds. The summed E-state index contributed by atoms with van der Waals surface area (Å²) in [5, 5.41) is 0.637. The molecule has 1 fully saturated rings. The highest BCUT2D eigenvalue weighted by Gasteiger charge is 2.25. The molecule has 6 heteroatoms. The summed E-state index contributed by atoms with van der Waals surface area (Å²) in [6, 6.07) is 6.09. The van der Waals surface area contributed by atoms with Gasteiger partial charge in [-0.3, -0.25) is 9.36 Å². The van der Waals surface area contributed by atoms with E-state index in [0.29, 0.717) is 23.5 Å². The van der Waals surface area contributed by atoms with Gasteiger partial charge in [-0.2, -0.15) is 0 Å². The fraction of sp³-hybridized carbons (Fsp3) is 0.267. The first kappa shape index (κ1) is 12.8. The van der Waals surface area contributed by atoms with Crippen LogP contribution in [0.4, 0.5) is 0 Å². The van der Waals surface area contributed by atoms with E-state index in [0.717, 1.165) is 10.2 Å². The summed E-state index contributed by atoms with van der Waals surface area (Å²) in [4.78, 5) is 21.1. The molecule has 0 saturated heterocycles. The lowest BCUT2D eigenvalue weighted by Crippen LogP contribution is -2.22. The molecule has 106 valence electrons. The lowest BCUT2D eigenvalue weighted by Gasteiger charge is -2.09. The van der Waals surface area contributed by atoms with Crippen molar-refractivity contribution in [1.29, 1.82) is 0 Å². The topological polar surface area (TPSA) is 52.7 Å². The molecule has 21 heavy (non-hydrogen) atoms. The summed E-state index contributed by atoms with van der Waals surface area (Å²) >= 11 is 3.40. The average Bonchev–Trinajstić information content (AvgIpc) is 3.22. The molecule has 1 aliphatic carbocycles. The number of imidazole rings is 1. The van der Waals surface area contributed by atoms with Crippen molar-refractivity contribution >= 4 is 26.8 Å². The van der Waals surface area contributed by atoms with Gasteiger partial charge in [-0.1, -0.05) is 15.9 Å². The highest BCUT2D eigenvalue weighted by molar-refractivity contribution is 9.10. The zero-order valence-electron chi connectivity index (χ0n) is 11.2. The van der Waals surface area contributed by atoms with E-state index in [4.69, 9.17) is 0 Å². The predicted octanol–water partition coefficient (Wildman–Crippen LogP) is 2.74. The van der Waals surface area contributed by atoms with Crippen molar-refractivity contribution in [2.75, 3.05) is 0 Å². The lowest BCUT2D eigenvalue weighted by atomic mass is 10.2. The van der Waals surface area contributed by atoms with Crippen LogP contribution in [0.2, 0.25) is 0 Å². The zero-order valence-corrected chi connectivity index (χ0v) is 12.8. The first-order valence-corrected chi connectivity index (χ1v) is 7.67. The van der Waals surface area contributed by atoms with Crippen LogP contribution in [0.25, 0.3) is 10.9 Å². The van der Waals surface area contributed by atoms with Gasteiger partial charge in [0.25, 0.3) is 5.56 Å². The number of rotatable bonds is 3. The lowest BCUT2D eigenvalue weighted by molar-refractivity contribution is 0.642.